The minimum Gasteiger partial charge on any atom is -0.309 e. The molecule has 0 saturated heterocycles. The Labute approximate surface area is 251 Å². The Kier molecular flexibility index (Phi) is 6.89. The Bertz CT molecular complexity index is 1860. The van der Waals surface area contributed by atoms with Crippen LogP contribution in [-0.4, -0.2) is 4.57 Å². The van der Waals surface area contributed by atoms with Crippen LogP contribution in [-0.2, 0) is 10.8 Å². The molecule has 5 aromatic carbocycles. The summed E-state index contributed by atoms with van der Waals surface area (Å²) in [7, 11) is 0. The molecule has 0 spiro atoms. The fraction of sp³-hybridized carbons (Fsp3) is 0.268. The van der Waals surface area contributed by atoms with Crippen LogP contribution in [0.3, 0.4) is 0 Å². The van der Waals surface area contributed by atoms with E-state index in [1.54, 1.807) is 0 Å². The molecule has 1 nitrogen and oxygen atoms in total. The molecule has 6 aromatic rings. The zero-order valence-corrected chi connectivity index (χ0v) is 26.4. The van der Waals surface area contributed by atoms with E-state index in [2.05, 4.69) is 169 Å². The molecule has 0 bridgehead atoms. The van der Waals surface area contributed by atoms with Gasteiger partial charge in [-0.25, -0.2) is 0 Å². The van der Waals surface area contributed by atoms with Gasteiger partial charge in [0.25, 0.3) is 0 Å². The number of aromatic nitrogens is 1. The monoisotopic (exact) mass is 549 g/mol. The average molecular weight is 550 g/mol. The van der Waals surface area contributed by atoms with Crippen LogP contribution in [0, 0.1) is 0 Å². The van der Waals surface area contributed by atoms with Gasteiger partial charge in [0.2, 0.25) is 0 Å². The van der Waals surface area contributed by atoms with Gasteiger partial charge in [-0.3, -0.25) is 0 Å². The van der Waals surface area contributed by atoms with Gasteiger partial charge in [-0.1, -0.05) is 140 Å². The maximum absolute atomic E-state index is 2.53. The molecule has 212 valence electrons. The van der Waals surface area contributed by atoms with E-state index in [0.29, 0.717) is 5.92 Å². The van der Waals surface area contributed by atoms with Crippen LogP contribution in [0.25, 0.3) is 49.7 Å². The van der Waals surface area contributed by atoms with Crippen molar-refractivity contribution in [2.75, 3.05) is 0 Å². The van der Waals surface area contributed by atoms with Crippen molar-refractivity contribution < 1.29 is 0 Å². The van der Waals surface area contributed by atoms with E-state index in [-0.39, 0.29) is 10.8 Å². The molecule has 0 aliphatic carbocycles. The Balaban J connectivity index is 1.82. The highest BCUT2D eigenvalue weighted by atomic mass is 15.0. The van der Waals surface area contributed by atoms with Crippen LogP contribution in [0.1, 0.15) is 78.0 Å². The van der Waals surface area contributed by atoms with Crippen LogP contribution < -0.4 is 0 Å². The number of hydrogen-bond acceptors (Lipinski definition) is 0. The summed E-state index contributed by atoms with van der Waals surface area (Å²) in [5, 5.41) is 2.69. The second kappa shape index (κ2) is 10.3. The van der Waals surface area contributed by atoms with Crippen molar-refractivity contribution in [1.29, 1.82) is 0 Å². The second-order valence-electron chi connectivity index (χ2n) is 14.1. The number of hydrogen-bond donors (Lipinski definition) is 0. The SMILES string of the molecule is CC(C)c1c(-c2ccccc2)ccc2c1c1c(-c3ccccc3)cccc1n2-c1cc(C(C)(C)C)cc(C(C)(C)C)c1. The molecular formula is C41H43N. The van der Waals surface area contributed by atoms with Crippen molar-refractivity contribution in [3.05, 3.63) is 126 Å². The first-order valence-electron chi connectivity index (χ1n) is 15.3. The summed E-state index contributed by atoms with van der Waals surface area (Å²) in [6.45, 7) is 18.6. The van der Waals surface area contributed by atoms with Gasteiger partial charge in [-0.15, -0.1) is 0 Å². The Morgan fingerprint density at radius 3 is 1.55 bits per heavy atom. The number of nitrogens with zero attached hydrogens (tertiary/aromatic N) is 1. The zero-order chi connectivity index (χ0) is 29.8. The molecule has 0 N–H and O–H groups in total. The summed E-state index contributed by atoms with van der Waals surface area (Å²) in [4.78, 5) is 0. The van der Waals surface area contributed by atoms with Crippen molar-refractivity contribution in [1.82, 2.24) is 4.57 Å². The van der Waals surface area contributed by atoms with E-state index in [9.17, 15) is 0 Å². The van der Waals surface area contributed by atoms with Crippen molar-refractivity contribution in [3.63, 3.8) is 0 Å². The predicted octanol–water partition coefficient (Wildman–Crippen LogP) is 11.8. The lowest BCUT2D eigenvalue weighted by atomic mass is 9.80. The Morgan fingerprint density at radius 1 is 0.500 bits per heavy atom. The van der Waals surface area contributed by atoms with Crippen molar-refractivity contribution in [2.24, 2.45) is 0 Å². The molecular weight excluding hydrogens is 506 g/mol. The van der Waals surface area contributed by atoms with Crippen molar-refractivity contribution in [3.8, 4) is 27.9 Å². The first-order valence-corrected chi connectivity index (χ1v) is 15.3. The zero-order valence-electron chi connectivity index (χ0n) is 26.4. The molecule has 0 aliphatic heterocycles. The smallest absolute Gasteiger partial charge is 0.0547 e. The van der Waals surface area contributed by atoms with Gasteiger partial charge in [0.15, 0.2) is 0 Å². The standard InChI is InChI=1S/C41H43N/c1-27(2)37-34(29-18-13-10-14-19-29)22-23-36-39(37)38-33(28-16-11-9-12-17-28)20-15-21-35(38)42(36)32-25-30(40(3,4)5)24-31(26-32)41(6,7)8/h9-27H,1-8H3. The first-order chi connectivity index (χ1) is 19.9. The summed E-state index contributed by atoms with van der Waals surface area (Å²) in [5.74, 6) is 0.345. The predicted molar refractivity (Wildman–Crippen MR) is 183 cm³/mol. The van der Waals surface area contributed by atoms with Crippen LogP contribution in [0.4, 0.5) is 0 Å². The Morgan fingerprint density at radius 2 is 1.02 bits per heavy atom. The van der Waals surface area contributed by atoms with Gasteiger partial charge in [-0.2, -0.15) is 0 Å². The van der Waals surface area contributed by atoms with E-state index < -0.39 is 0 Å². The van der Waals surface area contributed by atoms with Gasteiger partial charge < -0.3 is 4.57 Å². The molecule has 42 heavy (non-hydrogen) atoms. The van der Waals surface area contributed by atoms with E-state index in [1.807, 2.05) is 0 Å². The molecule has 0 aliphatic rings. The molecule has 0 radical (unpaired) electrons. The maximum atomic E-state index is 2.53. The van der Waals surface area contributed by atoms with E-state index >= 15 is 0 Å². The molecule has 0 amide bonds. The third kappa shape index (κ3) is 4.86. The summed E-state index contributed by atoms with van der Waals surface area (Å²) in [6, 6.07) is 40.6. The van der Waals surface area contributed by atoms with Gasteiger partial charge in [-0.05, 0) is 80.0 Å². The fourth-order valence-corrected chi connectivity index (χ4v) is 6.39. The molecule has 1 heterocycles. The van der Waals surface area contributed by atoms with E-state index in [0.717, 1.165) is 0 Å². The van der Waals surface area contributed by atoms with Gasteiger partial charge in [0.1, 0.15) is 0 Å². The van der Waals surface area contributed by atoms with E-state index in [4.69, 9.17) is 0 Å². The van der Waals surface area contributed by atoms with Gasteiger partial charge >= 0.3 is 0 Å². The highest BCUT2D eigenvalue weighted by molar-refractivity contribution is 6.18. The number of fused-ring (bicyclic) bond motifs is 3. The second-order valence-corrected chi connectivity index (χ2v) is 14.1. The topological polar surface area (TPSA) is 4.93 Å². The molecule has 0 atom stereocenters. The molecule has 6 rings (SSSR count). The summed E-state index contributed by atoms with van der Waals surface area (Å²) < 4.78 is 2.53. The molecule has 1 heteroatoms. The van der Waals surface area contributed by atoms with E-state index in [1.165, 1.54) is 66.4 Å². The summed E-state index contributed by atoms with van der Waals surface area (Å²) in [6.07, 6.45) is 0. The van der Waals surface area contributed by atoms with Gasteiger partial charge in [0.05, 0.1) is 11.0 Å². The molecule has 0 saturated carbocycles. The van der Waals surface area contributed by atoms with Crippen LogP contribution in [0.15, 0.2) is 109 Å². The highest BCUT2D eigenvalue weighted by Crippen LogP contribution is 2.45. The maximum Gasteiger partial charge on any atom is 0.0547 e. The quantitative estimate of drug-likeness (QED) is 0.206. The molecule has 0 fully saturated rings. The summed E-state index contributed by atoms with van der Waals surface area (Å²) >= 11 is 0. The Hall–Kier alpha value is -4.10. The van der Waals surface area contributed by atoms with Gasteiger partial charge in [0, 0.05) is 16.5 Å². The van der Waals surface area contributed by atoms with Crippen LogP contribution >= 0.6 is 0 Å². The third-order valence-corrected chi connectivity index (χ3v) is 8.65. The largest absolute Gasteiger partial charge is 0.309 e. The number of rotatable bonds is 4. The first kappa shape index (κ1) is 28.0. The fourth-order valence-electron chi connectivity index (χ4n) is 6.39. The minimum atomic E-state index is 0.0353. The van der Waals surface area contributed by atoms with Crippen molar-refractivity contribution >= 4 is 21.8 Å². The minimum absolute atomic E-state index is 0.0353. The highest BCUT2D eigenvalue weighted by Gasteiger charge is 2.25. The lowest BCUT2D eigenvalue weighted by molar-refractivity contribution is 0.568. The lowest BCUT2D eigenvalue weighted by Crippen LogP contribution is -2.17. The normalized spacial score (nSPS) is 12.5. The lowest BCUT2D eigenvalue weighted by Gasteiger charge is -2.27. The van der Waals surface area contributed by atoms with Crippen LogP contribution in [0.5, 0.6) is 0 Å². The third-order valence-electron chi connectivity index (χ3n) is 8.65. The van der Waals surface area contributed by atoms with Crippen LogP contribution in [0.2, 0.25) is 0 Å². The summed E-state index contributed by atoms with van der Waals surface area (Å²) in [5.41, 5.74) is 13.1. The molecule has 0 unspecified atom stereocenters. The number of benzene rings is 5. The molecule has 1 aromatic heterocycles. The van der Waals surface area contributed by atoms with Crippen molar-refractivity contribution in [2.45, 2.75) is 72.1 Å². The average Bonchev–Trinajstić information content (AvgIpc) is 3.31.